The molecule has 0 radical (unpaired) electrons. The fourth-order valence-electron chi connectivity index (χ4n) is 3.13. The number of aromatic nitrogens is 6. The SMILES string of the molecule is Nc1ncc(-c2nc(-c3ccc4[nH]ncc4c3)[nH]c2-c2ccncc2)cc1O. The molecule has 8 nitrogen and oxygen atoms in total. The molecule has 0 bridgehead atoms. The first-order valence-corrected chi connectivity index (χ1v) is 8.58. The minimum atomic E-state index is -0.0810. The van der Waals surface area contributed by atoms with Gasteiger partial charge in [-0.3, -0.25) is 10.1 Å². The second-order valence-corrected chi connectivity index (χ2v) is 6.35. The molecule has 0 saturated carbocycles. The number of H-pyrrole nitrogens is 2. The Morgan fingerprint density at radius 3 is 2.61 bits per heavy atom. The maximum Gasteiger partial charge on any atom is 0.165 e. The summed E-state index contributed by atoms with van der Waals surface area (Å²) in [5.74, 6) is 0.694. The molecule has 0 unspecified atom stereocenters. The van der Waals surface area contributed by atoms with Crippen molar-refractivity contribution in [1.29, 1.82) is 0 Å². The Hall–Kier alpha value is -4.20. The van der Waals surface area contributed by atoms with Gasteiger partial charge in [0.25, 0.3) is 0 Å². The molecule has 136 valence electrons. The normalized spacial score (nSPS) is 11.1. The van der Waals surface area contributed by atoms with E-state index >= 15 is 0 Å². The topological polar surface area (TPSA) is 129 Å². The molecule has 0 spiro atoms. The number of hydrogen-bond donors (Lipinski definition) is 4. The minimum Gasteiger partial charge on any atom is -0.504 e. The van der Waals surface area contributed by atoms with Crippen molar-refractivity contribution in [3.63, 3.8) is 0 Å². The number of nitrogen functional groups attached to an aromatic ring is 1. The van der Waals surface area contributed by atoms with E-state index in [1.807, 2.05) is 30.3 Å². The number of pyridine rings is 2. The number of nitrogens with one attached hydrogen (secondary N) is 2. The molecule has 1 aromatic carbocycles. The van der Waals surface area contributed by atoms with Gasteiger partial charge in [-0.2, -0.15) is 5.10 Å². The van der Waals surface area contributed by atoms with Crippen molar-refractivity contribution in [2.75, 3.05) is 5.73 Å². The maximum absolute atomic E-state index is 10.00. The summed E-state index contributed by atoms with van der Waals surface area (Å²) in [6.45, 7) is 0. The van der Waals surface area contributed by atoms with Crippen molar-refractivity contribution in [1.82, 2.24) is 30.1 Å². The number of benzene rings is 1. The molecule has 5 aromatic rings. The van der Waals surface area contributed by atoms with E-state index < -0.39 is 0 Å². The molecular formula is C20H15N7O. The molecule has 0 fully saturated rings. The van der Waals surface area contributed by atoms with Gasteiger partial charge in [-0.1, -0.05) is 0 Å². The number of hydrogen-bond acceptors (Lipinski definition) is 6. The molecule has 8 heteroatoms. The lowest BCUT2D eigenvalue weighted by molar-refractivity contribution is 0.476. The third-order valence-corrected chi connectivity index (χ3v) is 4.56. The predicted octanol–water partition coefficient (Wildman–Crippen LogP) is 3.36. The number of aromatic hydroxyl groups is 1. The van der Waals surface area contributed by atoms with Crippen LogP contribution in [0, 0.1) is 0 Å². The summed E-state index contributed by atoms with van der Waals surface area (Å²) < 4.78 is 0. The monoisotopic (exact) mass is 369 g/mol. The lowest BCUT2D eigenvalue weighted by Gasteiger charge is -2.04. The Bertz CT molecular complexity index is 1290. The highest BCUT2D eigenvalue weighted by molar-refractivity contribution is 5.85. The fourth-order valence-corrected chi connectivity index (χ4v) is 3.13. The van der Waals surface area contributed by atoms with Gasteiger partial charge in [0, 0.05) is 40.7 Å². The van der Waals surface area contributed by atoms with Gasteiger partial charge in [0.1, 0.15) is 5.82 Å². The Morgan fingerprint density at radius 2 is 1.79 bits per heavy atom. The molecule has 0 aliphatic heterocycles. The summed E-state index contributed by atoms with van der Waals surface area (Å²) >= 11 is 0. The summed E-state index contributed by atoms with van der Waals surface area (Å²) in [4.78, 5) is 16.3. The van der Waals surface area contributed by atoms with E-state index in [0.717, 1.165) is 27.7 Å². The van der Waals surface area contributed by atoms with E-state index in [0.29, 0.717) is 17.1 Å². The van der Waals surface area contributed by atoms with E-state index in [9.17, 15) is 5.11 Å². The number of imidazole rings is 1. The van der Waals surface area contributed by atoms with Gasteiger partial charge in [-0.05, 0) is 36.4 Å². The lowest BCUT2D eigenvalue weighted by atomic mass is 10.1. The zero-order valence-electron chi connectivity index (χ0n) is 14.6. The summed E-state index contributed by atoms with van der Waals surface area (Å²) in [5.41, 5.74) is 10.6. The molecule has 4 heterocycles. The molecular weight excluding hydrogens is 354 g/mol. The third kappa shape index (κ3) is 2.64. The molecule has 0 aliphatic carbocycles. The summed E-state index contributed by atoms with van der Waals surface area (Å²) in [6.07, 6.45) is 6.80. The Labute approximate surface area is 159 Å². The van der Waals surface area contributed by atoms with Crippen molar-refractivity contribution in [2.45, 2.75) is 0 Å². The summed E-state index contributed by atoms with van der Waals surface area (Å²) in [5, 5.41) is 18.0. The van der Waals surface area contributed by atoms with Crippen LogP contribution >= 0.6 is 0 Å². The largest absolute Gasteiger partial charge is 0.504 e. The zero-order chi connectivity index (χ0) is 19.1. The van der Waals surface area contributed by atoms with Crippen LogP contribution in [0.4, 0.5) is 5.82 Å². The third-order valence-electron chi connectivity index (χ3n) is 4.56. The van der Waals surface area contributed by atoms with E-state index in [1.165, 1.54) is 0 Å². The quantitative estimate of drug-likeness (QED) is 0.386. The molecule has 28 heavy (non-hydrogen) atoms. The first-order valence-electron chi connectivity index (χ1n) is 8.58. The van der Waals surface area contributed by atoms with Crippen LogP contribution in [0.1, 0.15) is 0 Å². The summed E-state index contributed by atoms with van der Waals surface area (Å²) in [7, 11) is 0. The average Bonchev–Trinajstić information content (AvgIpc) is 3.37. The lowest BCUT2D eigenvalue weighted by Crippen LogP contribution is -1.92. The highest BCUT2D eigenvalue weighted by atomic mass is 16.3. The molecule has 0 aliphatic rings. The molecule has 0 amide bonds. The van der Waals surface area contributed by atoms with Crippen LogP contribution in [0.2, 0.25) is 0 Å². The van der Waals surface area contributed by atoms with Gasteiger partial charge >= 0.3 is 0 Å². The van der Waals surface area contributed by atoms with Gasteiger partial charge in [0.2, 0.25) is 0 Å². The number of fused-ring (bicyclic) bond motifs is 1. The number of rotatable bonds is 3. The number of nitrogens with zero attached hydrogens (tertiary/aromatic N) is 4. The summed E-state index contributed by atoms with van der Waals surface area (Å²) in [6, 6.07) is 11.3. The van der Waals surface area contributed by atoms with Crippen molar-refractivity contribution < 1.29 is 5.11 Å². The van der Waals surface area contributed by atoms with Crippen LogP contribution in [0.5, 0.6) is 5.75 Å². The Kier molecular flexibility index (Phi) is 3.55. The van der Waals surface area contributed by atoms with Crippen LogP contribution in [-0.4, -0.2) is 35.2 Å². The van der Waals surface area contributed by atoms with Crippen LogP contribution in [-0.2, 0) is 0 Å². The molecule has 4 aromatic heterocycles. The second kappa shape index (κ2) is 6.20. The van der Waals surface area contributed by atoms with Gasteiger partial charge in [0.15, 0.2) is 11.6 Å². The number of nitrogens with two attached hydrogens (primary N) is 1. The molecule has 5 rings (SSSR count). The van der Waals surface area contributed by atoms with Crippen molar-refractivity contribution in [3.05, 3.63) is 61.2 Å². The Balaban J connectivity index is 1.71. The highest BCUT2D eigenvalue weighted by Gasteiger charge is 2.17. The smallest absolute Gasteiger partial charge is 0.165 e. The van der Waals surface area contributed by atoms with Crippen LogP contribution in [0.25, 0.3) is 44.8 Å². The molecule has 0 saturated heterocycles. The fraction of sp³-hybridized carbons (Fsp3) is 0. The maximum atomic E-state index is 10.00. The van der Waals surface area contributed by atoms with Crippen LogP contribution in [0.15, 0.2) is 61.2 Å². The first-order chi connectivity index (χ1) is 13.7. The number of aromatic amines is 2. The standard InChI is InChI=1S/C20H15N7O/c21-19-16(28)8-14(9-23-19)18-17(11-3-5-22-6-4-11)25-20(26-18)12-1-2-15-13(7-12)10-24-27-15/h1-10,28H,(H2,21,23)(H,24,27)(H,25,26). The van der Waals surface area contributed by atoms with E-state index in [2.05, 4.69) is 25.1 Å². The molecule has 5 N–H and O–H groups in total. The average molecular weight is 369 g/mol. The number of anilines is 1. The van der Waals surface area contributed by atoms with Crippen molar-refractivity contribution in [2.24, 2.45) is 0 Å². The second-order valence-electron chi connectivity index (χ2n) is 6.35. The molecule has 0 atom stereocenters. The van der Waals surface area contributed by atoms with Gasteiger partial charge < -0.3 is 15.8 Å². The van der Waals surface area contributed by atoms with Crippen LogP contribution in [0.3, 0.4) is 0 Å². The van der Waals surface area contributed by atoms with Crippen molar-refractivity contribution in [3.8, 4) is 39.7 Å². The van der Waals surface area contributed by atoms with Gasteiger partial charge in [-0.15, -0.1) is 0 Å². The highest BCUT2D eigenvalue weighted by Crippen LogP contribution is 2.35. The first kappa shape index (κ1) is 16.0. The minimum absolute atomic E-state index is 0.0791. The van der Waals surface area contributed by atoms with Gasteiger partial charge in [0.05, 0.1) is 23.1 Å². The van der Waals surface area contributed by atoms with E-state index in [-0.39, 0.29) is 11.6 Å². The predicted molar refractivity (Wildman–Crippen MR) is 106 cm³/mol. The zero-order valence-corrected chi connectivity index (χ0v) is 14.6. The Morgan fingerprint density at radius 1 is 0.929 bits per heavy atom. The van der Waals surface area contributed by atoms with E-state index in [1.54, 1.807) is 30.9 Å². The van der Waals surface area contributed by atoms with E-state index in [4.69, 9.17) is 10.7 Å². The van der Waals surface area contributed by atoms with Gasteiger partial charge in [-0.25, -0.2) is 9.97 Å². The van der Waals surface area contributed by atoms with Crippen molar-refractivity contribution >= 4 is 16.7 Å². The van der Waals surface area contributed by atoms with Crippen LogP contribution < -0.4 is 5.73 Å².